The van der Waals surface area contributed by atoms with Gasteiger partial charge in [0, 0.05) is 18.6 Å². The minimum atomic E-state index is -0.108. The Morgan fingerprint density at radius 3 is 2.46 bits per heavy atom. The predicted octanol–water partition coefficient (Wildman–Crippen LogP) is 5.63. The van der Waals surface area contributed by atoms with Crippen molar-refractivity contribution < 1.29 is 4.74 Å². The number of nitrogens with one attached hydrogen (secondary N) is 1. The quantitative estimate of drug-likeness (QED) is 0.728. The fraction of sp³-hybridized carbons (Fsp3) is 0.500. The first-order valence-corrected chi connectivity index (χ1v) is 9.96. The summed E-state index contributed by atoms with van der Waals surface area (Å²) in [5.41, 5.74) is 3.98. The molecular weight excluding hydrogens is 318 g/mol. The van der Waals surface area contributed by atoms with Crippen LogP contribution >= 0.6 is 0 Å². The van der Waals surface area contributed by atoms with Crippen molar-refractivity contribution in [3.63, 3.8) is 0 Å². The molecule has 2 aromatic rings. The molecule has 1 fully saturated rings. The summed E-state index contributed by atoms with van der Waals surface area (Å²) in [7, 11) is 0. The molecular formula is C24H33NO. The van der Waals surface area contributed by atoms with Crippen molar-refractivity contribution >= 4 is 0 Å². The molecule has 3 atom stereocenters. The van der Waals surface area contributed by atoms with Gasteiger partial charge in [-0.25, -0.2) is 0 Å². The Labute approximate surface area is 159 Å². The maximum absolute atomic E-state index is 6.17. The number of hydrogen-bond donors (Lipinski definition) is 1. The van der Waals surface area contributed by atoms with Crippen LogP contribution in [0.5, 0.6) is 0 Å². The minimum absolute atomic E-state index is 0.108. The topological polar surface area (TPSA) is 21.3 Å². The highest BCUT2D eigenvalue weighted by molar-refractivity contribution is 5.28. The van der Waals surface area contributed by atoms with E-state index >= 15 is 0 Å². The summed E-state index contributed by atoms with van der Waals surface area (Å²) in [5, 5.41) is 3.71. The molecule has 2 aromatic carbocycles. The third-order valence-electron chi connectivity index (χ3n) is 5.88. The van der Waals surface area contributed by atoms with Gasteiger partial charge in [-0.15, -0.1) is 0 Å². The SMILES string of the molecule is Cc1ccc(C2C(CCNC(C)c3ccccc3)CCOC2(C)C)cc1. The van der Waals surface area contributed by atoms with E-state index < -0.39 is 0 Å². The van der Waals surface area contributed by atoms with Crippen molar-refractivity contribution in [3.05, 3.63) is 71.3 Å². The van der Waals surface area contributed by atoms with Crippen LogP contribution < -0.4 is 5.32 Å². The van der Waals surface area contributed by atoms with Gasteiger partial charge in [0.2, 0.25) is 0 Å². The molecule has 2 nitrogen and oxygen atoms in total. The molecule has 3 rings (SSSR count). The third-order valence-corrected chi connectivity index (χ3v) is 5.88. The second-order valence-corrected chi connectivity index (χ2v) is 8.26. The van der Waals surface area contributed by atoms with E-state index in [0.717, 1.165) is 19.6 Å². The zero-order valence-corrected chi connectivity index (χ0v) is 16.7. The molecule has 3 unspecified atom stereocenters. The van der Waals surface area contributed by atoms with Crippen LogP contribution in [0, 0.1) is 12.8 Å². The second-order valence-electron chi connectivity index (χ2n) is 8.26. The molecule has 1 heterocycles. The molecule has 2 heteroatoms. The van der Waals surface area contributed by atoms with Crippen molar-refractivity contribution in [1.29, 1.82) is 0 Å². The highest BCUT2D eigenvalue weighted by Crippen LogP contribution is 2.44. The van der Waals surface area contributed by atoms with Crippen molar-refractivity contribution in [2.45, 2.75) is 58.1 Å². The van der Waals surface area contributed by atoms with E-state index in [9.17, 15) is 0 Å². The highest BCUT2D eigenvalue weighted by atomic mass is 16.5. The Balaban J connectivity index is 1.65. The van der Waals surface area contributed by atoms with Gasteiger partial charge in [0.1, 0.15) is 0 Å². The fourth-order valence-corrected chi connectivity index (χ4v) is 4.40. The standard InChI is InChI=1S/C24H33NO/c1-18-10-12-21(13-11-18)23-22(15-17-26-24(23,3)4)14-16-25-19(2)20-8-6-5-7-9-20/h5-13,19,22-23,25H,14-17H2,1-4H3. The largest absolute Gasteiger partial charge is 0.375 e. The first kappa shape index (κ1) is 19.1. The summed E-state index contributed by atoms with van der Waals surface area (Å²) in [6.45, 7) is 10.8. The van der Waals surface area contributed by atoms with E-state index in [1.165, 1.54) is 23.1 Å². The van der Waals surface area contributed by atoms with Crippen molar-refractivity contribution in [1.82, 2.24) is 5.32 Å². The lowest BCUT2D eigenvalue weighted by molar-refractivity contribution is -0.0924. The van der Waals surface area contributed by atoms with E-state index in [4.69, 9.17) is 4.74 Å². The first-order chi connectivity index (χ1) is 12.5. The summed E-state index contributed by atoms with van der Waals surface area (Å²) in [5.74, 6) is 1.10. The molecule has 0 aromatic heterocycles. The molecule has 1 aliphatic heterocycles. The number of aryl methyl sites for hydroxylation is 1. The molecule has 1 saturated heterocycles. The van der Waals surface area contributed by atoms with Crippen molar-refractivity contribution in [2.24, 2.45) is 5.92 Å². The molecule has 140 valence electrons. The average Bonchev–Trinajstić information content (AvgIpc) is 2.63. The first-order valence-electron chi connectivity index (χ1n) is 9.96. The summed E-state index contributed by atoms with van der Waals surface area (Å²) in [6.07, 6.45) is 2.33. The Bertz CT molecular complexity index is 677. The molecule has 0 amide bonds. The minimum Gasteiger partial charge on any atom is -0.375 e. The highest BCUT2D eigenvalue weighted by Gasteiger charge is 2.40. The zero-order chi connectivity index (χ0) is 18.6. The molecule has 1 N–H and O–H groups in total. The number of rotatable bonds is 6. The molecule has 0 spiro atoms. The van der Waals surface area contributed by atoms with Gasteiger partial charge in [-0.05, 0) is 64.1 Å². The van der Waals surface area contributed by atoms with E-state index in [1.54, 1.807) is 0 Å². The maximum atomic E-state index is 6.17. The molecule has 1 aliphatic rings. The fourth-order valence-electron chi connectivity index (χ4n) is 4.40. The van der Waals surface area contributed by atoms with Crippen molar-refractivity contribution in [3.8, 4) is 0 Å². The van der Waals surface area contributed by atoms with Crippen LogP contribution in [0.15, 0.2) is 54.6 Å². The van der Waals surface area contributed by atoms with Gasteiger partial charge >= 0.3 is 0 Å². The Morgan fingerprint density at radius 1 is 1.08 bits per heavy atom. The van der Waals surface area contributed by atoms with Gasteiger partial charge in [0.15, 0.2) is 0 Å². The number of benzene rings is 2. The summed E-state index contributed by atoms with van der Waals surface area (Å²) in [6, 6.07) is 20.1. The Morgan fingerprint density at radius 2 is 1.77 bits per heavy atom. The lowest BCUT2D eigenvalue weighted by atomic mass is 9.71. The smallest absolute Gasteiger partial charge is 0.0697 e. The summed E-state index contributed by atoms with van der Waals surface area (Å²) < 4.78 is 6.17. The normalized spacial score (nSPS) is 23.5. The summed E-state index contributed by atoms with van der Waals surface area (Å²) in [4.78, 5) is 0. The molecule has 26 heavy (non-hydrogen) atoms. The maximum Gasteiger partial charge on any atom is 0.0697 e. The predicted molar refractivity (Wildman–Crippen MR) is 110 cm³/mol. The molecule has 0 radical (unpaired) electrons. The number of ether oxygens (including phenoxy) is 1. The van der Waals surface area contributed by atoms with Gasteiger partial charge < -0.3 is 10.1 Å². The van der Waals surface area contributed by atoms with Crippen LogP contribution in [0.2, 0.25) is 0 Å². The molecule has 0 aliphatic carbocycles. The monoisotopic (exact) mass is 351 g/mol. The number of hydrogen-bond acceptors (Lipinski definition) is 2. The van der Waals surface area contributed by atoms with Crippen molar-refractivity contribution in [2.75, 3.05) is 13.2 Å². The van der Waals surface area contributed by atoms with Crippen LogP contribution in [-0.4, -0.2) is 18.8 Å². The van der Waals surface area contributed by atoms with Crippen LogP contribution in [0.4, 0.5) is 0 Å². The lowest BCUT2D eigenvalue weighted by Crippen LogP contribution is -2.43. The van der Waals surface area contributed by atoms with Crippen LogP contribution in [0.3, 0.4) is 0 Å². The van der Waals surface area contributed by atoms with E-state index in [1.807, 2.05) is 0 Å². The molecule has 0 saturated carbocycles. The molecule has 0 bridgehead atoms. The zero-order valence-electron chi connectivity index (χ0n) is 16.7. The van der Waals surface area contributed by atoms with Gasteiger partial charge in [-0.2, -0.15) is 0 Å². The van der Waals surface area contributed by atoms with Gasteiger partial charge in [-0.3, -0.25) is 0 Å². The Hall–Kier alpha value is -1.64. The summed E-state index contributed by atoms with van der Waals surface area (Å²) >= 11 is 0. The van der Waals surface area contributed by atoms with Gasteiger partial charge in [0.05, 0.1) is 5.60 Å². The van der Waals surface area contributed by atoms with Crippen LogP contribution in [-0.2, 0) is 4.74 Å². The van der Waals surface area contributed by atoms with Gasteiger partial charge in [-0.1, -0.05) is 60.2 Å². The third kappa shape index (κ3) is 4.55. The lowest BCUT2D eigenvalue weighted by Gasteiger charge is -2.44. The van der Waals surface area contributed by atoms with E-state index in [0.29, 0.717) is 17.9 Å². The average molecular weight is 352 g/mol. The second kappa shape index (κ2) is 8.37. The van der Waals surface area contributed by atoms with Crippen LogP contribution in [0.1, 0.15) is 62.3 Å². The Kier molecular flexibility index (Phi) is 6.16. The van der Waals surface area contributed by atoms with E-state index in [-0.39, 0.29) is 5.60 Å². The van der Waals surface area contributed by atoms with Gasteiger partial charge in [0.25, 0.3) is 0 Å². The van der Waals surface area contributed by atoms with Crippen LogP contribution in [0.25, 0.3) is 0 Å². The van der Waals surface area contributed by atoms with E-state index in [2.05, 4.69) is 87.6 Å².